The fourth-order valence-electron chi connectivity index (χ4n) is 2.60. The Hall–Kier alpha value is -0.550. The molecule has 18 heavy (non-hydrogen) atoms. The van der Waals surface area contributed by atoms with Gasteiger partial charge in [0, 0.05) is 5.92 Å². The van der Waals surface area contributed by atoms with Crippen molar-refractivity contribution in [3.63, 3.8) is 0 Å². The molecule has 3 unspecified atom stereocenters. The van der Waals surface area contributed by atoms with Crippen LogP contribution in [-0.4, -0.2) is 22.1 Å². The van der Waals surface area contributed by atoms with E-state index in [1.165, 1.54) is 25.7 Å². The zero-order valence-electron chi connectivity index (χ0n) is 11.3. The lowest BCUT2D eigenvalue weighted by atomic mass is 9.82. The summed E-state index contributed by atoms with van der Waals surface area (Å²) in [4.78, 5) is 4.51. The predicted molar refractivity (Wildman–Crippen MR) is 74.6 cm³/mol. The molecule has 0 aliphatic heterocycles. The van der Waals surface area contributed by atoms with Crippen molar-refractivity contribution in [3.05, 3.63) is 11.7 Å². The lowest BCUT2D eigenvalue weighted by Gasteiger charge is -2.23. The van der Waals surface area contributed by atoms with Gasteiger partial charge in [0.05, 0.1) is 6.04 Å². The molecule has 0 aromatic carbocycles. The normalized spacial score (nSPS) is 26.2. The van der Waals surface area contributed by atoms with E-state index in [1.807, 2.05) is 0 Å². The minimum Gasteiger partial charge on any atom is -0.338 e. The van der Waals surface area contributed by atoms with Crippen molar-refractivity contribution in [2.75, 3.05) is 12.0 Å². The summed E-state index contributed by atoms with van der Waals surface area (Å²) in [6, 6.07) is -0.111. The molecule has 1 heterocycles. The van der Waals surface area contributed by atoms with Crippen molar-refractivity contribution in [2.45, 2.75) is 51.0 Å². The van der Waals surface area contributed by atoms with Crippen molar-refractivity contribution in [2.24, 2.45) is 11.7 Å². The molecule has 1 fully saturated rings. The molecule has 1 aliphatic carbocycles. The maximum atomic E-state index is 6.04. The van der Waals surface area contributed by atoms with Gasteiger partial charge >= 0.3 is 0 Å². The smallest absolute Gasteiger partial charge is 0.243 e. The summed E-state index contributed by atoms with van der Waals surface area (Å²) >= 11 is 1.79. The summed E-state index contributed by atoms with van der Waals surface area (Å²) in [6.45, 7) is 2.30. The quantitative estimate of drug-likeness (QED) is 0.889. The Labute approximate surface area is 113 Å². The molecule has 0 amide bonds. The first-order chi connectivity index (χ1) is 8.70. The molecule has 1 aromatic heterocycles. The van der Waals surface area contributed by atoms with E-state index in [4.69, 9.17) is 10.3 Å². The Morgan fingerprint density at radius 3 is 3.06 bits per heavy atom. The number of nitrogens with two attached hydrogens (primary N) is 1. The third-order valence-corrected chi connectivity index (χ3v) is 4.35. The van der Waals surface area contributed by atoms with E-state index in [9.17, 15) is 0 Å². The summed E-state index contributed by atoms with van der Waals surface area (Å²) < 4.78 is 5.32. The molecule has 0 bridgehead atoms. The number of hydrogen-bond acceptors (Lipinski definition) is 5. The van der Waals surface area contributed by atoms with Crippen LogP contribution in [0.15, 0.2) is 4.52 Å². The van der Waals surface area contributed by atoms with E-state index in [1.54, 1.807) is 11.8 Å². The molecule has 0 saturated heterocycles. The van der Waals surface area contributed by atoms with Crippen LogP contribution in [0.3, 0.4) is 0 Å². The van der Waals surface area contributed by atoms with Crippen molar-refractivity contribution in [1.82, 2.24) is 10.1 Å². The minimum absolute atomic E-state index is 0.111. The van der Waals surface area contributed by atoms with Gasteiger partial charge in [0.15, 0.2) is 5.82 Å². The first-order valence-corrected chi connectivity index (χ1v) is 8.18. The van der Waals surface area contributed by atoms with Crippen LogP contribution in [0.1, 0.15) is 62.7 Å². The predicted octanol–water partition coefficient (Wildman–Crippen LogP) is 3.12. The van der Waals surface area contributed by atoms with E-state index >= 15 is 0 Å². The van der Waals surface area contributed by atoms with Gasteiger partial charge in [0.25, 0.3) is 0 Å². The van der Waals surface area contributed by atoms with Gasteiger partial charge in [0.2, 0.25) is 5.89 Å². The number of nitrogens with zero attached hydrogens (tertiary/aromatic N) is 2. The first-order valence-electron chi connectivity index (χ1n) is 6.78. The van der Waals surface area contributed by atoms with E-state index in [-0.39, 0.29) is 6.04 Å². The number of hydrogen-bond donors (Lipinski definition) is 1. The molecular weight excluding hydrogens is 246 g/mol. The SMILES string of the molecule is CSCCC(N)c1nc(C2CCCC(C)C2)no1. The lowest BCUT2D eigenvalue weighted by Crippen LogP contribution is -2.14. The van der Waals surface area contributed by atoms with Crippen LogP contribution in [-0.2, 0) is 0 Å². The molecule has 102 valence electrons. The molecule has 1 saturated carbocycles. The Balaban J connectivity index is 1.96. The Bertz CT molecular complexity index is 369. The highest BCUT2D eigenvalue weighted by atomic mass is 32.2. The van der Waals surface area contributed by atoms with Gasteiger partial charge in [-0.25, -0.2) is 0 Å². The Morgan fingerprint density at radius 2 is 2.33 bits per heavy atom. The molecule has 3 atom stereocenters. The third kappa shape index (κ3) is 3.48. The highest BCUT2D eigenvalue weighted by Gasteiger charge is 2.25. The average Bonchev–Trinajstić information content (AvgIpc) is 2.85. The molecule has 4 nitrogen and oxygen atoms in total. The lowest BCUT2D eigenvalue weighted by molar-refractivity contribution is 0.315. The van der Waals surface area contributed by atoms with Crippen LogP contribution in [0.4, 0.5) is 0 Å². The van der Waals surface area contributed by atoms with Gasteiger partial charge in [-0.3, -0.25) is 0 Å². The Kier molecular flexibility index (Phi) is 5.06. The van der Waals surface area contributed by atoms with E-state index in [0.29, 0.717) is 11.8 Å². The van der Waals surface area contributed by atoms with Crippen LogP contribution in [0.5, 0.6) is 0 Å². The second-order valence-corrected chi connectivity index (χ2v) is 6.33. The van der Waals surface area contributed by atoms with Crippen LogP contribution in [0.2, 0.25) is 0 Å². The first kappa shape index (κ1) is 13.9. The van der Waals surface area contributed by atoms with Gasteiger partial charge in [-0.15, -0.1) is 0 Å². The monoisotopic (exact) mass is 269 g/mol. The molecule has 2 N–H and O–H groups in total. The van der Waals surface area contributed by atoms with Gasteiger partial charge in [-0.1, -0.05) is 24.9 Å². The molecule has 0 radical (unpaired) electrons. The molecule has 1 aliphatic rings. The highest BCUT2D eigenvalue weighted by molar-refractivity contribution is 7.98. The van der Waals surface area contributed by atoms with Crippen LogP contribution in [0, 0.1) is 5.92 Å². The average molecular weight is 269 g/mol. The van der Waals surface area contributed by atoms with E-state index in [0.717, 1.165) is 23.9 Å². The van der Waals surface area contributed by atoms with Crippen molar-refractivity contribution < 1.29 is 4.52 Å². The number of aromatic nitrogens is 2. The zero-order valence-corrected chi connectivity index (χ0v) is 12.1. The van der Waals surface area contributed by atoms with Crippen LogP contribution >= 0.6 is 11.8 Å². The highest BCUT2D eigenvalue weighted by Crippen LogP contribution is 2.34. The van der Waals surface area contributed by atoms with Crippen molar-refractivity contribution in [1.29, 1.82) is 0 Å². The second kappa shape index (κ2) is 6.57. The summed E-state index contributed by atoms with van der Waals surface area (Å²) in [7, 11) is 0. The summed E-state index contributed by atoms with van der Waals surface area (Å²) in [6.07, 6.45) is 7.93. The fraction of sp³-hybridized carbons (Fsp3) is 0.846. The van der Waals surface area contributed by atoms with E-state index < -0.39 is 0 Å². The maximum Gasteiger partial charge on any atom is 0.243 e. The maximum absolute atomic E-state index is 6.04. The Morgan fingerprint density at radius 1 is 1.50 bits per heavy atom. The van der Waals surface area contributed by atoms with Crippen LogP contribution in [0.25, 0.3) is 0 Å². The van der Waals surface area contributed by atoms with Crippen molar-refractivity contribution in [3.8, 4) is 0 Å². The van der Waals surface area contributed by atoms with E-state index in [2.05, 4.69) is 23.3 Å². The zero-order chi connectivity index (χ0) is 13.0. The molecule has 2 rings (SSSR count). The molecule has 0 spiro atoms. The van der Waals surface area contributed by atoms with Gasteiger partial charge in [0.1, 0.15) is 0 Å². The minimum atomic E-state index is -0.111. The molecular formula is C13H23N3OS. The largest absolute Gasteiger partial charge is 0.338 e. The van der Waals surface area contributed by atoms with Gasteiger partial charge in [-0.05, 0) is 37.2 Å². The third-order valence-electron chi connectivity index (χ3n) is 3.71. The van der Waals surface area contributed by atoms with Gasteiger partial charge in [-0.2, -0.15) is 16.7 Å². The standard InChI is InChI=1S/C13H23N3OS/c1-9-4-3-5-10(8-9)12-15-13(17-16-12)11(14)6-7-18-2/h9-11H,3-8,14H2,1-2H3. The van der Waals surface area contributed by atoms with Gasteiger partial charge < -0.3 is 10.3 Å². The summed E-state index contributed by atoms with van der Waals surface area (Å²) in [5.74, 6) is 3.75. The summed E-state index contributed by atoms with van der Waals surface area (Å²) in [5, 5.41) is 4.13. The molecule has 1 aromatic rings. The second-order valence-electron chi connectivity index (χ2n) is 5.35. The van der Waals surface area contributed by atoms with Crippen LogP contribution < -0.4 is 5.73 Å². The van der Waals surface area contributed by atoms with Crippen molar-refractivity contribution >= 4 is 11.8 Å². The number of thioether (sulfide) groups is 1. The number of rotatable bonds is 5. The summed E-state index contributed by atoms with van der Waals surface area (Å²) in [5.41, 5.74) is 6.04. The topological polar surface area (TPSA) is 64.9 Å². The fourth-order valence-corrected chi connectivity index (χ4v) is 3.09. The molecule has 5 heteroatoms.